The van der Waals surface area contributed by atoms with E-state index in [0.717, 1.165) is 6.42 Å². The molecular weight excluding hydrogens is 242 g/mol. The van der Waals surface area contributed by atoms with Crippen LogP contribution in [0.1, 0.15) is 40.5 Å². The fourth-order valence-electron chi connectivity index (χ4n) is 1.86. The highest BCUT2D eigenvalue weighted by molar-refractivity contribution is 5.78. The first-order valence-corrected chi connectivity index (χ1v) is 7.11. The van der Waals surface area contributed by atoms with Crippen molar-refractivity contribution in [3.63, 3.8) is 0 Å². The summed E-state index contributed by atoms with van der Waals surface area (Å²) in [5, 5.41) is 5.56. The molecule has 0 fully saturated rings. The van der Waals surface area contributed by atoms with Gasteiger partial charge in [-0.2, -0.15) is 0 Å². The van der Waals surface area contributed by atoms with Gasteiger partial charge < -0.3 is 16.4 Å². The highest BCUT2D eigenvalue weighted by Crippen LogP contribution is 2.13. The van der Waals surface area contributed by atoms with Gasteiger partial charge in [0.15, 0.2) is 0 Å². The number of hydrogen-bond acceptors (Lipinski definition) is 3. The van der Waals surface area contributed by atoms with Gasteiger partial charge in [-0.3, -0.25) is 9.59 Å². The van der Waals surface area contributed by atoms with Crippen LogP contribution >= 0.6 is 0 Å². The van der Waals surface area contributed by atoms with Crippen LogP contribution in [0.15, 0.2) is 0 Å². The summed E-state index contributed by atoms with van der Waals surface area (Å²) in [5.74, 6) is 0.782. The van der Waals surface area contributed by atoms with Gasteiger partial charge in [-0.15, -0.1) is 0 Å². The van der Waals surface area contributed by atoms with E-state index in [1.54, 1.807) is 0 Å². The van der Waals surface area contributed by atoms with Gasteiger partial charge in [-0.05, 0) is 24.8 Å². The quantitative estimate of drug-likeness (QED) is 0.544. The van der Waals surface area contributed by atoms with E-state index in [1.165, 1.54) is 0 Å². The molecule has 0 aliphatic carbocycles. The second-order valence-corrected chi connectivity index (χ2v) is 5.73. The smallest absolute Gasteiger partial charge is 0.222 e. The molecule has 0 rings (SSSR count). The third kappa shape index (κ3) is 9.47. The third-order valence-corrected chi connectivity index (χ3v) is 2.88. The van der Waals surface area contributed by atoms with Gasteiger partial charge in [0.25, 0.3) is 0 Å². The lowest BCUT2D eigenvalue weighted by atomic mass is 9.94. The van der Waals surface area contributed by atoms with Crippen LogP contribution in [0.25, 0.3) is 0 Å². The molecule has 1 atom stereocenters. The van der Waals surface area contributed by atoms with E-state index in [4.69, 9.17) is 5.73 Å². The van der Waals surface area contributed by atoms with Crippen LogP contribution in [-0.4, -0.2) is 31.4 Å². The number of hydrogen-bond donors (Lipinski definition) is 3. The Morgan fingerprint density at radius 2 is 1.63 bits per heavy atom. The number of carbonyl (C=O) groups is 2. The normalized spacial score (nSPS) is 12.6. The minimum absolute atomic E-state index is 0.00823. The van der Waals surface area contributed by atoms with Crippen molar-refractivity contribution < 1.29 is 9.59 Å². The molecule has 0 bridgehead atoms. The number of amides is 2. The number of rotatable bonds is 9. The molecule has 0 radical (unpaired) electrons. The molecule has 0 saturated carbocycles. The molecule has 0 aromatic rings. The van der Waals surface area contributed by atoms with Crippen molar-refractivity contribution >= 4 is 11.8 Å². The zero-order valence-corrected chi connectivity index (χ0v) is 12.7. The van der Waals surface area contributed by atoms with E-state index < -0.39 is 0 Å². The number of nitrogens with one attached hydrogen (secondary N) is 2. The Morgan fingerprint density at radius 1 is 1.05 bits per heavy atom. The van der Waals surface area contributed by atoms with Crippen molar-refractivity contribution in [2.24, 2.45) is 23.5 Å². The predicted molar refractivity (Wildman–Crippen MR) is 77.5 cm³/mol. The molecule has 0 aromatic heterocycles. The lowest BCUT2D eigenvalue weighted by Gasteiger charge is -2.16. The van der Waals surface area contributed by atoms with E-state index in [-0.39, 0.29) is 23.7 Å². The molecular formula is C14H29N3O2. The fourth-order valence-corrected chi connectivity index (χ4v) is 1.86. The summed E-state index contributed by atoms with van der Waals surface area (Å²) in [4.78, 5) is 23.0. The summed E-state index contributed by atoms with van der Waals surface area (Å²) in [6.45, 7) is 9.41. The van der Waals surface area contributed by atoms with E-state index in [9.17, 15) is 9.59 Å². The van der Waals surface area contributed by atoms with Gasteiger partial charge in [0, 0.05) is 25.4 Å². The Morgan fingerprint density at radius 3 is 2.11 bits per heavy atom. The average Bonchev–Trinajstić information content (AvgIpc) is 2.32. The first kappa shape index (κ1) is 17.9. The number of carbonyl (C=O) groups excluding carboxylic acids is 2. The summed E-state index contributed by atoms with van der Waals surface area (Å²) in [5.41, 5.74) is 5.66. The van der Waals surface area contributed by atoms with Crippen LogP contribution in [0.4, 0.5) is 0 Å². The van der Waals surface area contributed by atoms with E-state index in [1.807, 2.05) is 13.8 Å². The molecule has 5 heteroatoms. The van der Waals surface area contributed by atoms with Crippen LogP contribution in [0.3, 0.4) is 0 Å². The Labute approximate surface area is 116 Å². The molecule has 2 amide bonds. The van der Waals surface area contributed by atoms with E-state index >= 15 is 0 Å². The van der Waals surface area contributed by atoms with Gasteiger partial charge in [-0.1, -0.05) is 27.7 Å². The van der Waals surface area contributed by atoms with Gasteiger partial charge >= 0.3 is 0 Å². The summed E-state index contributed by atoms with van der Waals surface area (Å²) in [6, 6.07) is 0. The fraction of sp³-hybridized carbons (Fsp3) is 0.857. The molecule has 1 unspecified atom stereocenters. The third-order valence-electron chi connectivity index (χ3n) is 2.88. The standard InChI is InChI=1S/C14H29N3O2/c1-10(2)7-12(9-15)8-13(18)16-5-6-17-14(19)11(3)4/h10-12H,5-9,15H2,1-4H3,(H,16,18)(H,17,19). The molecule has 0 saturated heterocycles. The molecule has 0 aliphatic heterocycles. The second-order valence-electron chi connectivity index (χ2n) is 5.73. The topological polar surface area (TPSA) is 84.2 Å². The van der Waals surface area contributed by atoms with Crippen LogP contribution in [-0.2, 0) is 9.59 Å². The summed E-state index contributed by atoms with van der Waals surface area (Å²) in [6.07, 6.45) is 1.43. The van der Waals surface area contributed by atoms with Crippen LogP contribution in [0, 0.1) is 17.8 Å². The molecule has 0 aliphatic rings. The van der Waals surface area contributed by atoms with Crippen LogP contribution < -0.4 is 16.4 Å². The summed E-state index contributed by atoms with van der Waals surface area (Å²) >= 11 is 0. The maximum Gasteiger partial charge on any atom is 0.222 e. The molecule has 0 spiro atoms. The maximum absolute atomic E-state index is 11.7. The minimum Gasteiger partial charge on any atom is -0.354 e. The Balaban J connectivity index is 3.77. The molecule has 5 nitrogen and oxygen atoms in total. The van der Waals surface area contributed by atoms with Crippen LogP contribution in [0.5, 0.6) is 0 Å². The summed E-state index contributed by atoms with van der Waals surface area (Å²) < 4.78 is 0. The minimum atomic E-state index is -0.0247. The Bertz CT molecular complexity index is 278. The van der Waals surface area contributed by atoms with E-state index in [2.05, 4.69) is 24.5 Å². The summed E-state index contributed by atoms with van der Waals surface area (Å²) in [7, 11) is 0. The van der Waals surface area contributed by atoms with Crippen molar-refractivity contribution in [3.05, 3.63) is 0 Å². The monoisotopic (exact) mass is 271 g/mol. The maximum atomic E-state index is 11.7. The Hall–Kier alpha value is -1.10. The van der Waals surface area contributed by atoms with E-state index in [0.29, 0.717) is 32.0 Å². The highest BCUT2D eigenvalue weighted by atomic mass is 16.2. The molecule has 112 valence electrons. The Kier molecular flexibility index (Phi) is 9.21. The zero-order valence-electron chi connectivity index (χ0n) is 12.7. The largest absolute Gasteiger partial charge is 0.354 e. The SMILES string of the molecule is CC(C)CC(CN)CC(=O)NCCNC(=O)C(C)C. The van der Waals surface area contributed by atoms with Gasteiger partial charge in [-0.25, -0.2) is 0 Å². The molecule has 0 heterocycles. The van der Waals surface area contributed by atoms with Crippen molar-refractivity contribution in [3.8, 4) is 0 Å². The molecule has 0 aromatic carbocycles. The predicted octanol–water partition coefficient (Wildman–Crippen LogP) is 0.886. The lowest BCUT2D eigenvalue weighted by Crippen LogP contribution is -2.37. The van der Waals surface area contributed by atoms with Crippen molar-refractivity contribution in [1.29, 1.82) is 0 Å². The van der Waals surface area contributed by atoms with Crippen molar-refractivity contribution in [2.45, 2.75) is 40.5 Å². The lowest BCUT2D eigenvalue weighted by molar-refractivity contribution is -0.125. The van der Waals surface area contributed by atoms with Crippen LogP contribution in [0.2, 0.25) is 0 Å². The second kappa shape index (κ2) is 9.78. The first-order valence-electron chi connectivity index (χ1n) is 7.11. The molecule has 19 heavy (non-hydrogen) atoms. The average molecular weight is 271 g/mol. The first-order chi connectivity index (χ1) is 8.86. The highest BCUT2D eigenvalue weighted by Gasteiger charge is 2.13. The van der Waals surface area contributed by atoms with Crippen molar-refractivity contribution in [2.75, 3.05) is 19.6 Å². The zero-order chi connectivity index (χ0) is 14.8. The van der Waals surface area contributed by atoms with Gasteiger partial charge in [0.2, 0.25) is 11.8 Å². The van der Waals surface area contributed by atoms with Gasteiger partial charge in [0.05, 0.1) is 0 Å². The molecule has 4 N–H and O–H groups in total. The number of nitrogens with two attached hydrogens (primary N) is 1. The van der Waals surface area contributed by atoms with Gasteiger partial charge in [0.1, 0.15) is 0 Å². The van der Waals surface area contributed by atoms with Crippen molar-refractivity contribution in [1.82, 2.24) is 10.6 Å².